The van der Waals surface area contributed by atoms with Crippen molar-refractivity contribution in [3.05, 3.63) is 116 Å². The largest absolute Gasteiger partial charge is 0.416 e. The number of hydrogen-bond donors (Lipinski definition) is 1. The number of hydrogen-bond acceptors (Lipinski definition) is 3. The molecule has 0 saturated carbocycles. The summed E-state index contributed by atoms with van der Waals surface area (Å²) in [5.74, 6) is -0.432. The first-order chi connectivity index (χ1) is 17.2. The number of carbonyl (C=O) groups is 1. The van der Waals surface area contributed by atoms with Crippen LogP contribution in [0.5, 0.6) is 0 Å². The standard InChI is InChI=1S/C27H24F3N3O3/c1-2-14-32-25(35)22-8-3-4-9-23(22)33(26(32)36)17-18-10-12-20(13-11-18)24(34)31-16-19-6-5-7-21(15-19)27(28,29)30/h3-13,15H,2,14,16-17H2,1H3,(H,31,34). The molecule has 1 amide bonds. The van der Waals surface area contributed by atoms with Crippen LogP contribution >= 0.6 is 0 Å². The molecule has 186 valence electrons. The smallest absolute Gasteiger partial charge is 0.348 e. The van der Waals surface area contributed by atoms with Gasteiger partial charge in [0.05, 0.1) is 23.0 Å². The van der Waals surface area contributed by atoms with E-state index >= 15 is 0 Å². The van der Waals surface area contributed by atoms with E-state index in [9.17, 15) is 27.6 Å². The molecule has 3 aromatic carbocycles. The lowest BCUT2D eigenvalue weighted by atomic mass is 10.1. The summed E-state index contributed by atoms with van der Waals surface area (Å²) in [6.07, 6.45) is -3.81. The summed E-state index contributed by atoms with van der Waals surface area (Å²) in [5, 5.41) is 3.08. The van der Waals surface area contributed by atoms with Gasteiger partial charge in [-0.2, -0.15) is 13.2 Å². The lowest BCUT2D eigenvalue weighted by molar-refractivity contribution is -0.137. The molecule has 36 heavy (non-hydrogen) atoms. The van der Waals surface area contributed by atoms with Gasteiger partial charge in [0.25, 0.3) is 11.5 Å². The number of fused-ring (bicyclic) bond motifs is 1. The number of nitrogens with zero attached hydrogens (tertiary/aromatic N) is 2. The fraction of sp³-hybridized carbons (Fsp3) is 0.222. The summed E-state index contributed by atoms with van der Waals surface area (Å²) in [7, 11) is 0. The van der Waals surface area contributed by atoms with Gasteiger partial charge in [-0.15, -0.1) is 0 Å². The predicted octanol–water partition coefficient (Wildman–Crippen LogP) is 4.57. The fourth-order valence-corrected chi connectivity index (χ4v) is 4.03. The summed E-state index contributed by atoms with van der Waals surface area (Å²) in [4.78, 5) is 38.3. The average molecular weight is 496 g/mol. The number of aromatic nitrogens is 2. The highest BCUT2D eigenvalue weighted by Gasteiger charge is 2.30. The van der Waals surface area contributed by atoms with Gasteiger partial charge in [0.1, 0.15) is 0 Å². The van der Waals surface area contributed by atoms with Gasteiger partial charge in [-0.3, -0.25) is 18.7 Å². The molecule has 0 fully saturated rings. The van der Waals surface area contributed by atoms with Crippen LogP contribution in [0.1, 0.15) is 40.4 Å². The number of rotatable bonds is 7. The summed E-state index contributed by atoms with van der Waals surface area (Å²) < 4.78 is 41.4. The predicted molar refractivity (Wildman–Crippen MR) is 131 cm³/mol. The van der Waals surface area contributed by atoms with Crippen molar-refractivity contribution in [2.45, 2.75) is 39.2 Å². The van der Waals surface area contributed by atoms with Crippen LogP contribution in [0.25, 0.3) is 10.9 Å². The number of alkyl halides is 3. The number of nitrogens with one attached hydrogen (secondary N) is 1. The maximum atomic E-state index is 13.1. The molecule has 0 saturated heterocycles. The van der Waals surface area contributed by atoms with E-state index in [-0.39, 0.29) is 18.6 Å². The maximum Gasteiger partial charge on any atom is 0.416 e. The summed E-state index contributed by atoms with van der Waals surface area (Å²) >= 11 is 0. The molecule has 6 nitrogen and oxygen atoms in total. The van der Waals surface area contributed by atoms with E-state index in [2.05, 4.69) is 5.32 Å². The molecule has 0 radical (unpaired) electrons. The third-order valence-electron chi connectivity index (χ3n) is 5.84. The first kappa shape index (κ1) is 25.0. The molecular weight excluding hydrogens is 471 g/mol. The molecule has 9 heteroatoms. The molecule has 4 aromatic rings. The minimum Gasteiger partial charge on any atom is -0.348 e. The average Bonchev–Trinajstić information content (AvgIpc) is 2.87. The van der Waals surface area contributed by atoms with E-state index in [0.29, 0.717) is 35.0 Å². The van der Waals surface area contributed by atoms with Gasteiger partial charge in [-0.05, 0) is 53.9 Å². The number of para-hydroxylation sites is 1. The van der Waals surface area contributed by atoms with E-state index in [1.165, 1.54) is 21.3 Å². The van der Waals surface area contributed by atoms with E-state index in [1.807, 2.05) is 6.92 Å². The molecule has 1 heterocycles. The van der Waals surface area contributed by atoms with Crippen LogP contribution in [0, 0.1) is 0 Å². The van der Waals surface area contributed by atoms with Crippen molar-refractivity contribution in [2.75, 3.05) is 0 Å². The van der Waals surface area contributed by atoms with Crippen molar-refractivity contribution in [3.63, 3.8) is 0 Å². The Hall–Kier alpha value is -4.14. The second-order valence-corrected chi connectivity index (χ2v) is 8.42. The van der Waals surface area contributed by atoms with Crippen LogP contribution in [0.4, 0.5) is 13.2 Å². The highest BCUT2D eigenvalue weighted by Crippen LogP contribution is 2.29. The van der Waals surface area contributed by atoms with Crippen LogP contribution in [-0.4, -0.2) is 15.0 Å². The van der Waals surface area contributed by atoms with Crippen molar-refractivity contribution in [1.29, 1.82) is 0 Å². The maximum absolute atomic E-state index is 13.1. The normalized spacial score (nSPS) is 11.6. The number of amides is 1. The Morgan fingerprint density at radius 2 is 1.61 bits per heavy atom. The number of benzene rings is 3. The second kappa shape index (κ2) is 10.2. The van der Waals surface area contributed by atoms with E-state index in [0.717, 1.165) is 17.7 Å². The minimum absolute atomic E-state index is 0.0507. The zero-order chi connectivity index (χ0) is 25.9. The van der Waals surface area contributed by atoms with Crippen LogP contribution in [0.15, 0.2) is 82.4 Å². The quantitative estimate of drug-likeness (QED) is 0.408. The Balaban J connectivity index is 1.52. The van der Waals surface area contributed by atoms with E-state index in [1.54, 1.807) is 48.5 Å². The Morgan fingerprint density at radius 1 is 0.889 bits per heavy atom. The van der Waals surface area contributed by atoms with Crippen LogP contribution in [0.2, 0.25) is 0 Å². The molecule has 0 bridgehead atoms. The molecule has 4 rings (SSSR count). The van der Waals surface area contributed by atoms with Gasteiger partial charge in [0.15, 0.2) is 0 Å². The van der Waals surface area contributed by atoms with Gasteiger partial charge in [0.2, 0.25) is 0 Å². The van der Waals surface area contributed by atoms with Crippen LogP contribution < -0.4 is 16.6 Å². The number of carbonyl (C=O) groups excluding carboxylic acids is 1. The molecular formula is C27H24F3N3O3. The molecule has 0 atom stereocenters. The van der Waals surface area contributed by atoms with Gasteiger partial charge in [-0.25, -0.2) is 4.79 Å². The zero-order valence-electron chi connectivity index (χ0n) is 19.5. The van der Waals surface area contributed by atoms with Crippen molar-refractivity contribution < 1.29 is 18.0 Å². The third-order valence-corrected chi connectivity index (χ3v) is 5.84. The van der Waals surface area contributed by atoms with Crippen molar-refractivity contribution >= 4 is 16.8 Å². The first-order valence-corrected chi connectivity index (χ1v) is 11.4. The van der Waals surface area contributed by atoms with Gasteiger partial charge >= 0.3 is 11.9 Å². The third kappa shape index (κ3) is 5.25. The molecule has 0 spiro atoms. The topological polar surface area (TPSA) is 73.1 Å². The molecule has 1 N–H and O–H groups in total. The van der Waals surface area contributed by atoms with E-state index in [4.69, 9.17) is 0 Å². The first-order valence-electron chi connectivity index (χ1n) is 11.4. The molecule has 0 unspecified atom stereocenters. The highest BCUT2D eigenvalue weighted by atomic mass is 19.4. The van der Waals surface area contributed by atoms with Crippen LogP contribution in [0.3, 0.4) is 0 Å². The van der Waals surface area contributed by atoms with Crippen molar-refractivity contribution in [1.82, 2.24) is 14.5 Å². The van der Waals surface area contributed by atoms with Crippen molar-refractivity contribution in [2.24, 2.45) is 0 Å². The van der Waals surface area contributed by atoms with Gasteiger partial charge in [-0.1, -0.05) is 43.3 Å². The number of halogens is 3. The SMILES string of the molecule is CCCn1c(=O)c2ccccc2n(Cc2ccc(C(=O)NCc3cccc(C(F)(F)F)c3)cc2)c1=O. The van der Waals surface area contributed by atoms with Gasteiger partial charge < -0.3 is 5.32 Å². The second-order valence-electron chi connectivity index (χ2n) is 8.42. The van der Waals surface area contributed by atoms with Crippen molar-refractivity contribution in [3.8, 4) is 0 Å². The Kier molecular flexibility index (Phi) is 7.10. The lowest BCUT2D eigenvalue weighted by Crippen LogP contribution is -2.40. The molecule has 0 aliphatic heterocycles. The molecule has 0 aliphatic carbocycles. The lowest BCUT2D eigenvalue weighted by Gasteiger charge is -2.14. The molecule has 0 aliphatic rings. The highest BCUT2D eigenvalue weighted by molar-refractivity contribution is 5.94. The van der Waals surface area contributed by atoms with Gasteiger partial charge in [0, 0.05) is 18.7 Å². The minimum atomic E-state index is -4.45. The van der Waals surface area contributed by atoms with Crippen LogP contribution in [-0.2, 0) is 25.8 Å². The molecule has 1 aromatic heterocycles. The Bertz CT molecular complexity index is 1520. The fourth-order valence-electron chi connectivity index (χ4n) is 4.03. The summed E-state index contributed by atoms with van der Waals surface area (Å²) in [6, 6.07) is 18.3. The summed E-state index contributed by atoms with van der Waals surface area (Å²) in [6.45, 7) is 2.36. The van der Waals surface area contributed by atoms with E-state index < -0.39 is 23.3 Å². The Labute approximate surface area is 204 Å². The zero-order valence-corrected chi connectivity index (χ0v) is 19.5. The Morgan fingerprint density at radius 3 is 2.31 bits per heavy atom. The summed E-state index contributed by atoms with van der Waals surface area (Å²) in [5.41, 5.74) is 0.458. The monoisotopic (exact) mass is 495 g/mol.